The Labute approximate surface area is 120 Å². The number of H-pyrrole nitrogens is 1. The summed E-state index contributed by atoms with van der Waals surface area (Å²) >= 11 is 0. The molecule has 1 saturated heterocycles. The quantitative estimate of drug-likeness (QED) is 0.852. The van der Waals surface area contributed by atoms with Gasteiger partial charge in [0.2, 0.25) is 0 Å². The van der Waals surface area contributed by atoms with Crippen molar-refractivity contribution in [2.75, 3.05) is 31.1 Å². The van der Waals surface area contributed by atoms with E-state index in [2.05, 4.69) is 29.0 Å². The predicted octanol–water partition coefficient (Wildman–Crippen LogP) is 1.26. The lowest BCUT2D eigenvalue weighted by Crippen LogP contribution is -2.36. The van der Waals surface area contributed by atoms with E-state index in [1.807, 2.05) is 18.3 Å². The van der Waals surface area contributed by atoms with Gasteiger partial charge in [-0.1, -0.05) is 0 Å². The molecule has 20 heavy (non-hydrogen) atoms. The number of hydrogen-bond donors (Lipinski definition) is 1. The van der Waals surface area contributed by atoms with Gasteiger partial charge in [-0.05, 0) is 38.8 Å². The molecule has 2 heterocycles. The second-order valence-electron chi connectivity index (χ2n) is 4.95. The van der Waals surface area contributed by atoms with Gasteiger partial charge in [-0.25, -0.2) is 4.98 Å². The summed E-state index contributed by atoms with van der Waals surface area (Å²) in [6.45, 7) is 7.29. The van der Waals surface area contributed by atoms with Crippen LogP contribution in [0.1, 0.15) is 37.0 Å². The number of carbonyl (C=O) groups excluding carboxylic acids is 1. The lowest BCUT2D eigenvalue weighted by molar-refractivity contribution is -0.364. The first kappa shape index (κ1) is 14.8. The largest absolute Gasteiger partial charge is 0.376 e. The van der Waals surface area contributed by atoms with E-state index in [0.717, 1.165) is 38.4 Å². The Hall–Kier alpha value is -1.62. The summed E-state index contributed by atoms with van der Waals surface area (Å²) in [5, 5.41) is 2.97. The lowest BCUT2D eigenvalue weighted by Gasteiger charge is -2.16. The van der Waals surface area contributed by atoms with Gasteiger partial charge in [0.25, 0.3) is 11.7 Å². The molecule has 0 bridgehead atoms. The van der Waals surface area contributed by atoms with Crippen molar-refractivity contribution in [3.05, 3.63) is 23.9 Å². The third-order valence-electron chi connectivity index (χ3n) is 3.67. The van der Waals surface area contributed by atoms with E-state index >= 15 is 0 Å². The highest BCUT2D eigenvalue weighted by Gasteiger charge is 2.23. The summed E-state index contributed by atoms with van der Waals surface area (Å²) in [4.78, 5) is 17.7. The summed E-state index contributed by atoms with van der Waals surface area (Å²) in [5.41, 5.74) is 0.689. The molecule has 0 aromatic carbocycles. The Morgan fingerprint density at radius 1 is 1.50 bits per heavy atom. The minimum Gasteiger partial charge on any atom is -0.376 e. The van der Waals surface area contributed by atoms with Crippen LogP contribution < -0.4 is 15.2 Å². The average Bonchev–Trinajstić information content (AvgIpc) is 3.00. The molecule has 2 rings (SSSR count). The third-order valence-corrected chi connectivity index (χ3v) is 3.67. The maximum atomic E-state index is 12.3. The van der Waals surface area contributed by atoms with Crippen molar-refractivity contribution in [1.82, 2.24) is 5.32 Å². The number of aromatic amines is 1. The third kappa shape index (κ3) is 3.48. The molecule has 0 aliphatic carbocycles. The van der Waals surface area contributed by atoms with Crippen molar-refractivity contribution in [2.45, 2.75) is 32.8 Å². The van der Waals surface area contributed by atoms with Crippen LogP contribution >= 0.6 is 0 Å². The van der Waals surface area contributed by atoms with Crippen molar-refractivity contribution >= 4 is 11.7 Å². The maximum absolute atomic E-state index is 12.3. The zero-order chi connectivity index (χ0) is 14.4. The molecule has 1 amide bonds. The molecule has 0 spiro atoms. The van der Waals surface area contributed by atoms with Gasteiger partial charge in [-0.3, -0.25) is 9.69 Å². The predicted molar refractivity (Wildman–Crippen MR) is 77.9 cm³/mol. The fourth-order valence-electron chi connectivity index (χ4n) is 2.52. The summed E-state index contributed by atoms with van der Waals surface area (Å²) in [5.74, 6) is 0.835. The fourth-order valence-corrected chi connectivity index (χ4v) is 2.52. The summed E-state index contributed by atoms with van der Waals surface area (Å²) in [6, 6.07) is 3.71. The van der Waals surface area contributed by atoms with Crippen LogP contribution in [0.25, 0.3) is 0 Å². The summed E-state index contributed by atoms with van der Waals surface area (Å²) in [6.07, 6.45) is 4.14. The number of ether oxygens (including phenoxy) is 1. The number of pyridine rings is 1. The molecule has 0 unspecified atom stereocenters. The van der Waals surface area contributed by atoms with Crippen molar-refractivity contribution in [3.8, 4) is 0 Å². The van der Waals surface area contributed by atoms with Crippen LogP contribution in [0.4, 0.5) is 5.82 Å². The second-order valence-corrected chi connectivity index (χ2v) is 4.95. The number of hydrogen-bond acceptors (Lipinski definition) is 3. The molecule has 5 nitrogen and oxygen atoms in total. The van der Waals surface area contributed by atoms with Crippen LogP contribution in [0.2, 0.25) is 0 Å². The van der Waals surface area contributed by atoms with E-state index in [-0.39, 0.29) is 12.0 Å². The lowest BCUT2D eigenvalue weighted by atomic mass is 10.2. The van der Waals surface area contributed by atoms with Gasteiger partial charge in [-0.2, -0.15) is 0 Å². The van der Waals surface area contributed by atoms with Crippen LogP contribution in [0.15, 0.2) is 18.3 Å². The molecular weight excluding hydrogens is 254 g/mol. The van der Waals surface area contributed by atoms with Crippen molar-refractivity contribution in [3.63, 3.8) is 0 Å². The minimum absolute atomic E-state index is 0.0424. The molecule has 2 N–H and O–H groups in total. The van der Waals surface area contributed by atoms with E-state index in [9.17, 15) is 4.79 Å². The van der Waals surface area contributed by atoms with Crippen molar-refractivity contribution in [2.24, 2.45) is 0 Å². The topological polar surface area (TPSA) is 55.7 Å². The molecule has 1 aromatic rings. The van der Waals surface area contributed by atoms with E-state index in [0.29, 0.717) is 12.1 Å². The molecule has 1 atom stereocenters. The van der Waals surface area contributed by atoms with Gasteiger partial charge in [0.05, 0.1) is 25.4 Å². The number of anilines is 1. The zero-order valence-corrected chi connectivity index (χ0v) is 12.3. The Kier molecular flexibility index (Phi) is 5.35. The molecule has 0 radical (unpaired) electrons. The molecule has 1 aromatic heterocycles. The van der Waals surface area contributed by atoms with Gasteiger partial charge in [-0.15, -0.1) is 0 Å². The summed E-state index contributed by atoms with van der Waals surface area (Å²) < 4.78 is 5.53. The van der Waals surface area contributed by atoms with E-state index in [1.54, 1.807) is 0 Å². The Morgan fingerprint density at radius 2 is 2.30 bits per heavy atom. The number of aromatic nitrogens is 1. The Balaban J connectivity index is 2.04. The molecule has 1 aliphatic rings. The maximum Gasteiger partial charge on any atom is 0.287 e. The first-order valence-electron chi connectivity index (χ1n) is 7.41. The fraction of sp³-hybridized carbons (Fsp3) is 0.600. The molecule has 1 fully saturated rings. The molecule has 0 saturated carbocycles. The monoisotopic (exact) mass is 278 g/mol. The smallest absolute Gasteiger partial charge is 0.287 e. The zero-order valence-electron chi connectivity index (χ0n) is 12.3. The first-order valence-corrected chi connectivity index (χ1v) is 7.41. The van der Waals surface area contributed by atoms with Gasteiger partial charge < -0.3 is 10.1 Å². The van der Waals surface area contributed by atoms with Gasteiger partial charge in [0.1, 0.15) is 5.56 Å². The summed E-state index contributed by atoms with van der Waals surface area (Å²) in [7, 11) is 0. The highest BCUT2D eigenvalue weighted by Crippen LogP contribution is 2.14. The normalized spacial score (nSPS) is 18.0. The second kappa shape index (κ2) is 7.24. The SMILES string of the molecule is CCN(CC)c1[nH+]cccc1C(=O)NC[C@H]1CCCO1. The van der Waals surface area contributed by atoms with Gasteiger partial charge in [0, 0.05) is 13.2 Å². The van der Waals surface area contributed by atoms with Crippen molar-refractivity contribution in [1.29, 1.82) is 0 Å². The Morgan fingerprint density at radius 3 is 2.95 bits per heavy atom. The minimum atomic E-state index is -0.0424. The molecule has 110 valence electrons. The number of carbonyl (C=O) groups is 1. The van der Waals surface area contributed by atoms with Gasteiger partial charge >= 0.3 is 0 Å². The van der Waals surface area contributed by atoms with E-state index in [1.165, 1.54) is 0 Å². The highest BCUT2D eigenvalue weighted by atomic mass is 16.5. The average molecular weight is 278 g/mol. The first-order chi connectivity index (χ1) is 9.76. The number of nitrogens with zero attached hydrogens (tertiary/aromatic N) is 1. The van der Waals surface area contributed by atoms with Crippen molar-refractivity contribution < 1.29 is 14.5 Å². The highest BCUT2D eigenvalue weighted by molar-refractivity contribution is 5.98. The molecular formula is C15H24N3O2+. The molecule has 1 aliphatic heterocycles. The van der Waals surface area contributed by atoms with Crippen LogP contribution in [-0.2, 0) is 4.74 Å². The van der Waals surface area contributed by atoms with E-state index in [4.69, 9.17) is 4.74 Å². The Bertz CT molecular complexity index is 440. The van der Waals surface area contributed by atoms with Crippen LogP contribution in [-0.4, -0.2) is 38.3 Å². The van der Waals surface area contributed by atoms with E-state index < -0.39 is 0 Å². The van der Waals surface area contributed by atoms with Crippen LogP contribution in [0.3, 0.4) is 0 Å². The molecule has 5 heteroatoms. The van der Waals surface area contributed by atoms with Crippen LogP contribution in [0, 0.1) is 0 Å². The van der Waals surface area contributed by atoms with Gasteiger partial charge in [0.15, 0.2) is 0 Å². The number of nitrogens with one attached hydrogen (secondary N) is 2. The number of rotatable bonds is 6. The van der Waals surface area contributed by atoms with Crippen LogP contribution in [0.5, 0.6) is 0 Å². The standard InChI is InChI=1S/C15H23N3O2/c1-3-18(4-2)14-13(8-5-9-16-14)15(19)17-11-12-7-6-10-20-12/h5,8-9,12H,3-4,6-7,10-11H2,1-2H3,(H,17,19)/p+1/t12-/m1/s1. The number of amides is 1.